The van der Waals surface area contributed by atoms with Crippen LogP contribution in [0.4, 0.5) is 5.69 Å². The average molecular weight is 222 g/mol. The van der Waals surface area contributed by atoms with E-state index in [2.05, 4.69) is 0 Å². The molecule has 2 N–H and O–H groups in total. The molecule has 88 valence electrons. The predicted molar refractivity (Wildman–Crippen MR) is 64.5 cm³/mol. The van der Waals surface area contributed by atoms with Crippen molar-refractivity contribution in [3.05, 3.63) is 39.4 Å². The Morgan fingerprint density at radius 3 is 2.56 bits per heavy atom. The fraction of sp³-hybridized carbons (Fsp3) is 0.500. The number of nitrogens with two attached hydrogens (primary N) is 1. The van der Waals surface area contributed by atoms with E-state index in [1.54, 1.807) is 12.1 Å². The molecule has 0 fully saturated rings. The Hall–Kier alpha value is -1.42. The van der Waals surface area contributed by atoms with Gasteiger partial charge in [0.2, 0.25) is 0 Å². The summed E-state index contributed by atoms with van der Waals surface area (Å²) in [4.78, 5) is 10.7. The molecule has 0 bridgehead atoms. The maximum absolute atomic E-state index is 11.0. The molecule has 0 aliphatic carbocycles. The molecule has 1 rings (SSSR count). The fourth-order valence-corrected chi connectivity index (χ4v) is 2.17. The van der Waals surface area contributed by atoms with Gasteiger partial charge < -0.3 is 5.73 Å². The van der Waals surface area contributed by atoms with E-state index in [1.807, 2.05) is 26.8 Å². The first-order valence-electron chi connectivity index (χ1n) is 5.34. The van der Waals surface area contributed by atoms with Gasteiger partial charge in [0.15, 0.2) is 0 Å². The van der Waals surface area contributed by atoms with Crippen molar-refractivity contribution >= 4 is 5.69 Å². The molecule has 4 nitrogen and oxygen atoms in total. The van der Waals surface area contributed by atoms with Crippen molar-refractivity contribution in [1.82, 2.24) is 0 Å². The molecular formula is C12H18N2O2. The molecule has 0 atom stereocenters. The van der Waals surface area contributed by atoms with Crippen molar-refractivity contribution in [2.24, 2.45) is 5.73 Å². The van der Waals surface area contributed by atoms with Gasteiger partial charge in [-0.05, 0) is 30.9 Å². The smallest absolute Gasteiger partial charge is 0.273 e. The molecule has 16 heavy (non-hydrogen) atoms. The Bertz CT molecular complexity index is 400. The summed E-state index contributed by atoms with van der Waals surface area (Å²) in [7, 11) is 0. The van der Waals surface area contributed by atoms with Crippen molar-refractivity contribution in [3.63, 3.8) is 0 Å². The van der Waals surface area contributed by atoms with Crippen LogP contribution in [-0.2, 0) is 5.41 Å². The number of rotatable bonds is 4. The quantitative estimate of drug-likeness (QED) is 0.628. The Morgan fingerprint density at radius 1 is 1.44 bits per heavy atom. The minimum absolute atomic E-state index is 0.193. The number of hydrogen-bond acceptors (Lipinski definition) is 3. The second-order valence-electron chi connectivity index (χ2n) is 4.65. The van der Waals surface area contributed by atoms with Crippen molar-refractivity contribution < 1.29 is 4.92 Å². The largest absolute Gasteiger partial charge is 0.330 e. The first-order valence-corrected chi connectivity index (χ1v) is 5.34. The molecule has 0 saturated carbocycles. The topological polar surface area (TPSA) is 69.2 Å². The zero-order chi connectivity index (χ0) is 12.3. The fourth-order valence-electron chi connectivity index (χ4n) is 2.17. The second kappa shape index (κ2) is 4.61. The van der Waals surface area contributed by atoms with Crippen LogP contribution in [0.5, 0.6) is 0 Å². The lowest BCUT2D eigenvalue weighted by Crippen LogP contribution is -2.24. The van der Waals surface area contributed by atoms with Crippen LogP contribution in [0.3, 0.4) is 0 Å². The van der Waals surface area contributed by atoms with E-state index in [9.17, 15) is 10.1 Å². The van der Waals surface area contributed by atoms with Crippen LogP contribution in [-0.4, -0.2) is 11.5 Å². The average Bonchev–Trinajstić information content (AvgIpc) is 2.16. The van der Waals surface area contributed by atoms with Gasteiger partial charge in [-0.15, -0.1) is 0 Å². The van der Waals surface area contributed by atoms with Crippen LogP contribution in [0, 0.1) is 17.0 Å². The molecule has 0 amide bonds. The van der Waals surface area contributed by atoms with Gasteiger partial charge in [-0.2, -0.15) is 0 Å². The number of nitro benzene ring substituents is 1. The molecule has 0 unspecified atom stereocenters. The zero-order valence-electron chi connectivity index (χ0n) is 9.99. The molecule has 0 aliphatic rings. The summed E-state index contributed by atoms with van der Waals surface area (Å²) in [5.41, 5.74) is 7.24. The number of hydrogen-bond donors (Lipinski definition) is 1. The summed E-state index contributed by atoms with van der Waals surface area (Å²) < 4.78 is 0. The summed E-state index contributed by atoms with van der Waals surface area (Å²) >= 11 is 0. The lowest BCUT2D eigenvalue weighted by Gasteiger charge is -2.26. The molecule has 1 aromatic rings. The van der Waals surface area contributed by atoms with Gasteiger partial charge in [0.05, 0.1) is 4.92 Å². The molecule has 0 saturated heterocycles. The van der Waals surface area contributed by atoms with E-state index >= 15 is 0 Å². The Morgan fingerprint density at radius 2 is 2.06 bits per heavy atom. The third kappa shape index (κ3) is 2.39. The van der Waals surface area contributed by atoms with Gasteiger partial charge in [0.1, 0.15) is 0 Å². The SMILES string of the molecule is Cc1cccc([N+](=O)[O-])c1C(C)(C)CCN. The molecule has 4 heteroatoms. The van der Waals surface area contributed by atoms with E-state index in [-0.39, 0.29) is 16.0 Å². The van der Waals surface area contributed by atoms with Crippen molar-refractivity contribution in [2.75, 3.05) is 6.54 Å². The second-order valence-corrected chi connectivity index (χ2v) is 4.65. The predicted octanol–water partition coefficient (Wildman–Crippen LogP) is 2.53. The van der Waals surface area contributed by atoms with E-state index in [4.69, 9.17) is 5.73 Å². The third-order valence-corrected chi connectivity index (χ3v) is 2.89. The highest BCUT2D eigenvalue weighted by atomic mass is 16.6. The number of benzene rings is 1. The van der Waals surface area contributed by atoms with Crippen molar-refractivity contribution in [3.8, 4) is 0 Å². The Balaban J connectivity index is 3.35. The minimum Gasteiger partial charge on any atom is -0.330 e. The van der Waals surface area contributed by atoms with Gasteiger partial charge in [-0.1, -0.05) is 26.0 Å². The highest BCUT2D eigenvalue weighted by molar-refractivity contribution is 5.49. The van der Waals surface area contributed by atoms with Crippen LogP contribution in [0.1, 0.15) is 31.4 Å². The number of nitro groups is 1. The zero-order valence-corrected chi connectivity index (χ0v) is 9.99. The van der Waals surface area contributed by atoms with Crippen LogP contribution >= 0.6 is 0 Å². The van der Waals surface area contributed by atoms with E-state index < -0.39 is 0 Å². The molecule has 1 aromatic carbocycles. The normalized spacial score (nSPS) is 11.5. The minimum atomic E-state index is -0.319. The van der Waals surface area contributed by atoms with Crippen LogP contribution in [0.25, 0.3) is 0 Å². The molecular weight excluding hydrogens is 204 g/mol. The standard InChI is InChI=1S/C12H18N2O2/c1-9-5-4-6-10(14(15)16)11(9)12(2,3)7-8-13/h4-6H,7-8,13H2,1-3H3. The number of aryl methyl sites for hydroxylation is 1. The van der Waals surface area contributed by atoms with Gasteiger partial charge in [0, 0.05) is 11.6 Å². The summed E-state index contributed by atoms with van der Waals surface area (Å²) in [5, 5.41) is 11.0. The van der Waals surface area contributed by atoms with Crippen molar-refractivity contribution in [1.29, 1.82) is 0 Å². The van der Waals surface area contributed by atoms with Crippen LogP contribution in [0.2, 0.25) is 0 Å². The highest BCUT2D eigenvalue weighted by Crippen LogP contribution is 2.36. The van der Waals surface area contributed by atoms with Crippen LogP contribution in [0.15, 0.2) is 18.2 Å². The summed E-state index contributed by atoms with van der Waals surface area (Å²) in [6.45, 7) is 6.42. The van der Waals surface area contributed by atoms with Gasteiger partial charge in [-0.25, -0.2) is 0 Å². The monoisotopic (exact) mass is 222 g/mol. The van der Waals surface area contributed by atoms with Gasteiger partial charge >= 0.3 is 0 Å². The Labute approximate surface area is 95.6 Å². The highest BCUT2D eigenvalue weighted by Gasteiger charge is 2.29. The maximum Gasteiger partial charge on any atom is 0.273 e. The molecule has 0 aromatic heterocycles. The third-order valence-electron chi connectivity index (χ3n) is 2.89. The summed E-state index contributed by atoms with van der Waals surface area (Å²) in [6, 6.07) is 5.18. The first kappa shape index (κ1) is 12.6. The lowest BCUT2D eigenvalue weighted by atomic mass is 9.78. The molecule has 0 spiro atoms. The summed E-state index contributed by atoms with van der Waals surface area (Å²) in [6.07, 6.45) is 0.735. The van der Waals surface area contributed by atoms with Gasteiger partial charge in [0.25, 0.3) is 5.69 Å². The Kier molecular flexibility index (Phi) is 3.65. The molecule has 0 aliphatic heterocycles. The van der Waals surface area contributed by atoms with E-state index in [1.165, 1.54) is 0 Å². The number of nitrogens with zero attached hydrogens (tertiary/aromatic N) is 1. The molecule has 0 radical (unpaired) electrons. The van der Waals surface area contributed by atoms with E-state index in [0.29, 0.717) is 6.54 Å². The van der Waals surface area contributed by atoms with E-state index in [0.717, 1.165) is 17.5 Å². The summed E-state index contributed by atoms with van der Waals surface area (Å²) in [5.74, 6) is 0. The van der Waals surface area contributed by atoms with Crippen LogP contribution < -0.4 is 5.73 Å². The van der Waals surface area contributed by atoms with Gasteiger partial charge in [-0.3, -0.25) is 10.1 Å². The molecule has 0 heterocycles. The maximum atomic E-state index is 11.0. The first-order chi connectivity index (χ1) is 7.40. The van der Waals surface area contributed by atoms with Crippen molar-refractivity contribution in [2.45, 2.75) is 32.6 Å². The lowest BCUT2D eigenvalue weighted by molar-refractivity contribution is -0.386.